The minimum absolute atomic E-state index is 0.254. The minimum atomic E-state index is -0.254. The SMILES string of the molecule is COc1cc(C(=O)Nc2ccc(CC#N)cc2)ccc1OCc1ccc(Br)cc1. The zero-order chi connectivity index (χ0) is 20.6. The average Bonchev–Trinajstić information content (AvgIpc) is 2.74. The summed E-state index contributed by atoms with van der Waals surface area (Å²) in [5, 5.41) is 11.6. The number of nitrogens with one attached hydrogen (secondary N) is 1. The molecule has 146 valence electrons. The number of carbonyl (C=O) groups is 1. The largest absolute Gasteiger partial charge is 0.493 e. The van der Waals surface area contributed by atoms with E-state index in [2.05, 4.69) is 27.3 Å². The Morgan fingerprint density at radius 3 is 2.34 bits per heavy atom. The Morgan fingerprint density at radius 2 is 1.69 bits per heavy atom. The Morgan fingerprint density at radius 1 is 1.00 bits per heavy atom. The van der Waals surface area contributed by atoms with Gasteiger partial charge >= 0.3 is 0 Å². The van der Waals surface area contributed by atoms with Crippen LogP contribution in [0.15, 0.2) is 71.2 Å². The summed E-state index contributed by atoms with van der Waals surface area (Å²) in [4.78, 5) is 12.6. The Kier molecular flexibility index (Phi) is 6.88. The highest BCUT2D eigenvalue weighted by molar-refractivity contribution is 9.10. The summed E-state index contributed by atoms with van der Waals surface area (Å²) >= 11 is 3.41. The monoisotopic (exact) mass is 450 g/mol. The summed E-state index contributed by atoms with van der Waals surface area (Å²) in [7, 11) is 1.54. The fourth-order valence-corrected chi connectivity index (χ4v) is 2.93. The van der Waals surface area contributed by atoms with Crippen LogP contribution < -0.4 is 14.8 Å². The third kappa shape index (κ3) is 5.59. The van der Waals surface area contributed by atoms with Crippen molar-refractivity contribution in [2.45, 2.75) is 13.0 Å². The molecule has 0 bridgehead atoms. The molecule has 0 radical (unpaired) electrons. The van der Waals surface area contributed by atoms with E-state index in [0.717, 1.165) is 15.6 Å². The Hall–Kier alpha value is -3.30. The molecule has 1 amide bonds. The van der Waals surface area contributed by atoms with Crippen LogP contribution in [0.3, 0.4) is 0 Å². The summed E-state index contributed by atoms with van der Waals surface area (Å²) in [5.41, 5.74) is 3.04. The molecular formula is C23H19BrN2O3. The van der Waals surface area contributed by atoms with Crippen molar-refractivity contribution < 1.29 is 14.3 Å². The van der Waals surface area contributed by atoms with Crippen LogP contribution in [-0.2, 0) is 13.0 Å². The van der Waals surface area contributed by atoms with E-state index in [-0.39, 0.29) is 5.91 Å². The van der Waals surface area contributed by atoms with Crippen molar-refractivity contribution in [3.05, 3.63) is 87.9 Å². The molecule has 0 spiro atoms. The molecule has 0 fully saturated rings. The molecule has 3 aromatic carbocycles. The first kappa shape index (κ1) is 20.4. The lowest BCUT2D eigenvalue weighted by Crippen LogP contribution is -2.12. The van der Waals surface area contributed by atoms with Crippen LogP contribution in [0, 0.1) is 11.3 Å². The number of methoxy groups -OCH3 is 1. The van der Waals surface area contributed by atoms with Crippen LogP contribution in [0.5, 0.6) is 11.5 Å². The lowest BCUT2D eigenvalue weighted by Gasteiger charge is -2.13. The Balaban J connectivity index is 1.67. The van der Waals surface area contributed by atoms with Gasteiger partial charge in [0.2, 0.25) is 0 Å². The van der Waals surface area contributed by atoms with E-state index in [4.69, 9.17) is 14.7 Å². The maximum absolute atomic E-state index is 12.6. The first-order valence-electron chi connectivity index (χ1n) is 8.91. The van der Waals surface area contributed by atoms with Crippen molar-refractivity contribution in [3.63, 3.8) is 0 Å². The number of benzene rings is 3. The van der Waals surface area contributed by atoms with Crippen molar-refractivity contribution >= 4 is 27.5 Å². The lowest BCUT2D eigenvalue weighted by atomic mass is 10.1. The Bertz CT molecular complexity index is 1030. The van der Waals surface area contributed by atoms with E-state index in [9.17, 15) is 4.79 Å². The quantitative estimate of drug-likeness (QED) is 0.526. The summed E-state index contributed by atoms with van der Waals surface area (Å²) in [6, 6.07) is 22.2. The van der Waals surface area contributed by atoms with Gasteiger partial charge in [-0.1, -0.05) is 40.2 Å². The molecule has 0 saturated carbocycles. The molecule has 0 aliphatic rings. The van der Waals surface area contributed by atoms with Crippen molar-refractivity contribution in [2.75, 3.05) is 12.4 Å². The standard InChI is InChI=1S/C23H19BrN2O3/c1-28-22-14-18(23(27)26-20-9-4-16(5-10-20)12-13-25)6-11-21(22)29-15-17-2-7-19(24)8-3-17/h2-11,14H,12,15H2,1H3,(H,26,27). The van der Waals surface area contributed by atoms with Gasteiger partial charge in [-0.25, -0.2) is 0 Å². The summed E-state index contributed by atoms with van der Waals surface area (Å²) in [6.45, 7) is 0.393. The second-order valence-corrected chi connectivity index (χ2v) is 7.18. The zero-order valence-electron chi connectivity index (χ0n) is 15.8. The number of amides is 1. The lowest BCUT2D eigenvalue weighted by molar-refractivity contribution is 0.102. The van der Waals surface area contributed by atoms with Gasteiger partial charge in [-0.3, -0.25) is 4.79 Å². The zero-order valence-corrected chi connectivity index (χ0v) is 17.4. The van der Waals surface area contributed by atoms with Gasteiger partial charge in [0.25, 0.3) is 5.91 Å². The molecule has 3 rings (SSSR count). The van der Waals surface area contributed by atoms with E-state index in [1.807, 2.05) is 36.4 Å². The number of anilines is 1. The first-order valence-corrected chi connectivity index (χ1v) is 9.71. The maximum atomic E-state index is 12.6. The smallest absolute Gasteiger partial charge is 0.255 e. The normalized spacial score (nSPS) is 10.1. The molecule has 29 heavy (non-hydrogen) atoms. The number of ether oxygens (including phenoxy) is 2. The number of nitrogens with zero attached hydrogens (tertiary/aromatic N) is 1. The molecular weight excluding hydrogens is 432 g/mol. The highest BCUT2D eigenvalue weighted by Crippen LogP contribution is 2.29. The number of halogens is 1. The van der Waals surface area contributed by atoms with E-state index in [1.54, 1.807) is 30.3 Å². The number of rotatable bonds is 7. The third-order valence-electron chi connectivity index (χ3n) is 4.23. The highest BCUT2D eigenvalue weighted by atomic mass is 79.9. The molecule has 0 aliphatic heterocycles. The third-order valence-corrected chi connectivity index (χ3v) is 4.76. The van der Waals surface area contributed by atoms with Crippen LogP contribution in [0.25, 0.3) is 0 Å². The number of hydrogen-bond donors (Lipinski definition) is 1. The molecule has 0 saturated heterocycles. The first-order chi connectivity index (χ1) is 14.1. The molecule has 3 aromatic rings. The van der Waals surface area contributed by atoms with Crippen molar-refractivity contribution in [1.29, 1.82) is 5.26 Å². The van der Waals surface area contributed by atoms with Gasteiger partial charge in [0.1, 0.15) is 6.61 Å². The molecule has 1 N–H and O–H groups in total. The molecule has 0 aromatic heterocycles. The van der Waals surface area contributed by atoms with Gasteiger partial charge in [0.15, 0.2) is 11.5 Å². The van der Waals surface area contributed by atoms with Crippen LogP contribution in [-0.4, -0.2) is 13.0 Å². The van der Waals surface area contributed by atoms with E-state index >= 15 is 0 Å². The summed E-state index contributed by atoms with van der Waals surface area (Å²) < 4.78 is 12.2. The predicted octanol–water partition coefficient (Wildman–Crippen LogP) is 5.36. The van der Waals surface area contributed by atoms with Crippen LogP contribution in [0.4, 0.5) is 5.69 Å². The van der Waals surface area contributed by atoms with Crippen molar-refractivity contribution in [1.82, 2.24) is 0 Å². The van der Waals surface area contributed by atoms with Crippen molar-refractivity contribution in [2.24, 2.45) is 0 Å². The van der Waals surface area contributed by atoms with E-state index in [1.165, 1.54) is 7.11 Å². The highest BCUT2D eigenvalue weighted by Gasteiger charge is 2.12. The van der Waals surface area contributed by atoms with Crippen molar-refractivity contribution in [3.8, 4) is 17.6 Å². The minimum Gasteiger partial charge on any atom is -0.493 e. The van der Waals surface area contributed by atoms with Gasteiger partial charge < -0.3 is 14.8 Å². The molecule has 0 atom stereocenters. The topological polar surface area (TPSA) is 71.3 Å². The second-order valence-electron chi connectivity index (χ2n) is 6.27. The van der Waals surface area contributed by atoms with Gasteiger partial charge in [0.05, 0.1) is 19.6 Å². The predicted molar refractivity (Wildman–Crippen MR) is 115 cm³/mol. The maximum Gasteiger partial charge on any atom is 0.255 e. The van der Waals surface area contributed by atoms with Gasteiger partial charge in [-0.2, -0.15) is 5.26 Å². The summed E-state index contributed by atoms with van der Waals surface area (Å²) in [5.74, 6) is 0.794. The molecule has 5 nitrogen and oxygen atoms in total. The number of hydrogen-bond acceptors (Lipinski definition) is 4. The van der Waals surface area contributed by atoms with Crippen LogP contribution >= 0.6 is 15.9 Å². The van der Waals surface area contributed by atoms with Gasteiger partial charge in [0, 0.05) is 15.7 Å². The van der Waals surface area contributed by atoms with E-state index < -0.39 is 0 Å². The van der Waals surface area contributed by atoms with Gasteiger partial charge in [-0.05, 0) is 53.6 Å². The molecule has 0 unspecified atom stereocenters. The van der Waals surface area contributed by atoms with Crippen LogP contribution in [0.1, 0.15) is 21.5 Å². The average molecular weight is 451 g/mol. The number of nitriles is 1. The Labute approximate surface area is 178 Å². The van der Waals surface area contributed by atoms with E-state index in [0.29, 0.717) is 35.8 Å². The number of carbonyl (C=O) groups excluding carboxylic acids is 1. The molecule has 0 heterocycles. The fraction of sp³-hybridized carbons (Fsp3) is 0.130. The van der Waals surface area contributed by atoms with Gasteiger partial charge in [-0.15, -0.1) is 0 Å². The molecule has 0 aliphatic carbocycles. The fourth-order valence-electron chi connectivity index (χ4n) is 2.67. The second kappa shape index (κ2) is 9.76. The summed E-state index contributed by atoms with van der Waals surface area (Å²) in [6.07, 6.45) is 0.340. The van der Waals surface area contributed by atoms with Crippen LogP contribution in [0.2, 0.25) is 0 Å². The molecule has 6 heteroatoms.